The Labute approximate surface area is 105 Å². The van der Waals surface area contributed by atoms with Crippen LogP contribution in [-0.2, 0) is 10.2 Å². The van der Waals surface area contributed by atoms with E-state index in [-0.39, 0.29) is 13.0 Å². The minimum Gasteiger partial charge on any atom is -0.486 e. The molecule has 0 aromatic heterocycles. The zero-order valence-electron chi connectivity index (χ0n) is 10.2. The summed E-state index contributed by atoms with van der Waals surface area (Å²) in [5, 5.41) is 18.4. The fraction of sp³-hybridized carbons (Fsp3) is 0.462. The maximum absolute atomic E-state index is 11.4. The number of aliphatic hydroxyl groups excluding tert-OH is 1. The van der Waals surface area contributed by atoms with Crippen molar-refractivity contribution >= 4 is 5.97 Å². The number of fused-ring (bicyclic) bond motifs is 1. The Hall–Kier alpha value is -1.75. The lowest BCUT2D eigenvalue weighted by Gasteiger charge is -2.26. The summed E-state index contributed by atoms with van der Waals surface area (Å²) in [6, 6.07) is 5.10. The van der Waals surface area contributed by atoms with Gasteiger partial charge >= 0.3 is 5.97 Å². The van der Waals surface area contributed by atoms with Crippen LogP contribution in [0.3, 0.4) is 0 Å². The van der Waals surface area contributed by atoms with Crippen LogP contribution in [0.4, 0.5) is 0 Å². The summed E-state index contributed by atoms with van der Waals surface area (Å²) >= 11 is 0. The first-order valence-electron chi connectivity index (χ1n) is 5.82. The Morgan fingerprint density at radius 3 is 2.61 bits per heavy atom. The molecule has 0 radical (unpaired) electrons. The molecule has 1 unspecified atom stereocenters. The molecule has 2 rings (SSSR count). The van der Waals surface area contributed by atoms with E-state index in [1.54, 1.807) is 25.1 Å². The Balaban J connectivity index is 2.39. The number of hydrogen-bond donors (Lipinski definition) is 2. The van der Waals surface area contributed by atoms with Gasteiger partial charge in [-0.05, 0) is 31.0 Å². The molecular formula is C13H16O5. The third-order valence-electron chi connectivity index (χ3n) is 3.26. The van der Waals surface area contributed by atoms with Gasteiger partial charge in [-0.1, -0.05) is 6.07 Å². The van der Waals surface area contributed by atoms with E-state index >= 15 is 0 Å². The fourth-order valence-corrected chi connectivity index (χ4v) is 1.98. The number of aliphatic hydroxyl groups is 1. The molecule has 0 saturated carbocycles. The topological polar surface area (TPSA) is 76.0 Å². The van der Waals surface area contributed by atoms with Crippen molar-refractivity contribution in [3.8, 4) is 11.5 Å². The number of benzene rings is 1. The van der Waals surface area contributed by atoms with Gasteiger partial charge in [0.15, 0.2) is 11.5 Å². The number of aliphatic carboxylic acids is 1. The number of carbonyl (C=O) groups is 1. The lowest BCUT2D eigenvalue weighted by molar-refractivity contribution is -0.143. The van der Waals surface area contributed by atoms with E-state index in [2.05, 4.69) is 0 Å². The summed E-state index contributed by atoms with van der Waals surface area (Å²) in [7, 11) is 0. The lowest BCUT2D eigenvalue weighted by Crippen LogP contribution is -2.33. The van der Waals surface area contributed by atoms with Gasteiger partial charge in [0.2, 0.25) is 0 Å². The molecular weight excluding hydrogens is 236 g/mol. The Morgan fingerprint density at radius 2 is 2.00 bits per heavy atom. The first-order valence-corrected chi connectivity index (χ1v) is 5.82. The second-order valence-electron chi connectivity index (χ2n) is 4.47. The Bertz CT molecular complexity index is 457. The SMILES string of the molecule is CC(CCO)(C(=O)O)c1ccc2c(c1)OCCO2. The summed E-state index contributed by atoms with van der Waals surface area (Å²) in [5.74, 6) is 0.221. The van der Waals surface area contributed by atoms with Gasteiger partial charge in [-0.25, -0.2) is 0 Å². The van der Waals surface area contributed by atoms with Crippen LogP contribution in [0.2, 0.25) is 0 Å². The van der Waals surface area contributed by atoms with E-state index in [9.17, 15) is 9.90 Å². The van der Waals surface area contributed by atoms with Gasteiger partial charge in [0.25, 0.3) is 0 Å². The standard InChI is InChI=1S/C13H16O5/c1-13(4-5-14,12(15)16)9-2-3-10-11(8-9)18-7-6-17-10/h2-3,8,14H,4-7H2,1H3,(H,15,16). The van der Waals surface area contributed by atoms with Crippen molar-refractivity contribution in [3.05, 3.63) is 23.8 Å². The van der Waals surface area contributed by atoms with Crippen molar-refractivity contribution < 1.29 is 24.5 Å². The summed E-state index contributed by atoms with van der Waals surface area (Å²) in [5.41, 5.74) is -0.516. The van der Waals surface area contributed by atoms with Crippen LogP contribution in [0, 0.1) is 0 Å². The number of carboxylic acid groups (broad SMARTS) is 1. The van der Waals surface area contributed by atoms with Crippen LogP contribution in [0.5, 0.6) is 11.5 Å². The van der Waals surface area contributed by atoms with Gasteiger partial charge in [0.05, 0.1) is 5.41 Å². The lowest BCUT2D eigenvalue weighted by atomic mass is 9.79. The van der Waals surface area contributed by atoms with E-state index < -0.39 is 11.4 Å². The van der Waals surface area contributed by atoms with Crippen molar-refractivity contribution in [2.24, 2.45) is 0 Å². The largest absolute Gasteiger partial charge is 0.486 e. The number of hydrogen-bond acceptors (Lipinski definition) is 4. The molecule has 0 saturated heterocycles. The Kier molecular flexibility index (Phi) is 3.43. The van der Waals surface area contributed by atoms with E-state index in [4.69, 9.17) is 14.6 Å². The van der Waals surface area contributed by atoms with Crippen molar-refractivity contribution in [3.63, 3.8) is 0 Å². The molecule has 0 amide bonds. The molecule has 1 aliphatic heterocycles. The monoisotopic (exact) mass is 252 g/mol. The van der Waals surface area contributed by atoms with Crippen molar-refractivity contribution in [1.82, 2.24) is 0 Å². The molecule has 1 aliphatic rings. The fourth-order valence-electron chi connectivity index (χ4n) is 1.98. The maximum Gasteiger partial charge on any atom is 0.313 e. The molecule has 0 spiro atoms. The van der Waals surface area contributed by atoms with Crippen LogP contribution in [-0.4, -0.2) is 36.0 Å². The molecule has 0 aliphatic carbocycles. The van der Waals surface area contributed by atoms with Gasteiger partial charge < -0.3 is 19.7 Å². The Morgan fingerprint density at radius 1 is 1.33 bits per heavy atom. The highest BCUT2D eigenvalue weighted by atomic mass is 16.6. The average molecular weight is 252 g/mol. The van der Waals surface area contributed by atoms with Gasteiger partial charge in [-0.3, -0.25) is 4.79 Å². The molecule has 1 atom stereocenters. The second-order valence-corrected chi connectivity index (χ2v) is 4.47. The molecule has 0 fully saturated rings. The van der Waals surface area contributed by atoms with E-state index in [0.717, 1.165) is 0 Å². The zero-order chi connectivity index (χ0) is 13.2. The molecule has 1 aromatic rings. The van der Waals surface area contributed by atoms with Crippen molar-refractivity contribution in [2.75, 3.05) is 19.8 Å². The highest BCUT2D eigenvalue weighted by Gasteiger charge is 2.35. The van der Waals surface area contributed by atoms with Crippen LogP contribution in [0.15, 0.2) is 18.2 Å². The zero-order valence-corrected chi connectivity index (χ0v) is 10.2. The van der Waals surface area contributed by atoms with E-state index in [1.807, 2.05) is 0 Å². The van der Waals surface area contributed by atoms with Gasteiger partial charge in [-0.15, -0.1) is 0 Å². The number of carboxylic acids is 1. The van der Waals surface area contributed by atoms with E-state index in [1.165, 1.54) is 0 Å². The predicted octanol–water partition coefficient (Wildman–Crippen LogP) is 1.18. The van der Waals surface area contributed by atoms with E-state index in [0.29, 0.717) is 30.3 Å². The normalized spacial score (nSPS) is 17.0. The second kappa shape index (κ2) is 4.86. The van der Waals surface area contributed by atoms with Crippen LogP contribution in [0.1, 0.15) is 18.9 Å². The first-order chi connectivity index (χ1) is 8.58. The van der Waals surface area contributed by atoms with Gasteiger partial charge in [0, 0.05) is 6.61 Å². The van der Waals surface area contributed by atoms with Crippen LogP contribution < -0.4 is 9.47 Å². The summed E-state index contributed by atoms with van der Waals surface area (Å²) in [4.78, 5) is 11.4. The molecule has 1 heterocycles. The summed E-state index contributed by atoms with van der Waals surface area (Å²) in [6.07, 6.45) is 0.155. The van der Waals surface area contributed by atoms with Gasteiger partial charge in [0.1, 0.15) is 13.2 Å². The highest BCUT2D eigenvalue weighted by molar-refractivity contribution is 5.81. The average Bonchev–Trinajstić information content (AvgIpc) is 2.38. The summed E-state index contributed by atoms with van der Waals surface area (Å²) in [6.45, 7) is 2.37. The molecule has 0 bridgehead atoms. The predicted molar refractivity (Wildman–Crippen MR) is 64.1 cm³/mol. The molecule has 1 aromatic carbocycles. The maximum atomic E-state index is 11.4. The van der Waals surface area contributed by atoms with Crippen molar-refractivity contribution in [1.29, 1.82) is 0 Å². The molecule has 98 valence electrons. The van der Waals surface area contributed by atoms with Crippen LogP contribution in [0.25, 0.3) is 0 Å². The molecule has 2 N–H and O–H groups in total. The van der Waals surface area contributed by atoms with Crippen LogP contribution >= 0.6 is 0 Å². The first kappa shape index (κ1) is 12.7. The van der Waals surface area contributed by atoms with Gasteiger partial charge in [-0.2, -0.15) is 0 Å². The third-order valence-corrected chi connectivity index (χ3v) is 3.26. The minimum atomic E-state index is -1.12. The highest BCUT2D eigenvalue weighted by Crippen LogP contribution is 2.36. The molecule has 18 heavy (non-hydrogen) atoms. The quantitative estimate of drug-likeness (QED) is 0.841. The molecule has 5 nitrogen and oxygen atoms in total. The smallest absolute Gasteiger partial charge is 0.313 e. The molecule has 5 heteroatoms. The number of rotatable bonds is 4. The number of ether oxygens (including phenoxy) is 2. The summed E-state index contributed by atoms with van der Waals surface area (Å²) < 4.78 is 10.8. The minimum absolute atomic E-state index is 0.155. The third kappa shape index (κ3) is 2.13. The van der Waals surface area contributed by atoms with Crippen molar-refractivity contribution in [2.45, 2.75) is 18.8 Å².